The number of hydrogen-bond acceptors (Lipinski definition) is 2. The Morgan fingerprint density at radius 2 is 2.20 bits per heavy atom. The monoisotopic (exact) mass is 139 g/mol. The molecule has 54 valence electrons. The largest absolute Gasteiger partial charge is 0.329 e. The molecule has 0 aromatic carbocycles. The molecule has 3 nitrogen and oxygen atoms in total. The van der Waals surface area contributed by atoms with Crippen LogP contribution < -0.4 is 5.32 Å². The summed E-state index contributed by atoms with van der Waals surface area (Å²) in [7, 11) is 0. The molecule has 0 rings (SSSR count). The number of amides is 1. The topological polar surface area (TPSA) is 46.2 Å². The Hall–Kier alpha value is -1.38. The van der Waals surface area contributed by atoms with Gasteiger partial charge in [-0.2, -0.15) is 0 Å². The maximum atomic E-state index is 10.4. The number of aldehydes is 1. The molecule has 0 atom stereocenters. The Balaban J connectivity index is 3.82. The van der Waals surface area contributed by atoms with Crippen molar-refractivity contribution < 1.29 is 9.59 Å². The van der Waals surface area contributed by atoms with E-state index >= 15 is 0 Å². The second kappa shape index (κ2) is 4.49. The lowest BCUT2D eigenvalue weighted by Crippen LogP contribution is -2.13. The highest BCUT2D eigenvalue weighted by Gasteiger charge is 1.87. The molecule has 0 radical (unpaired) electrons. The van der Waals surface area contributed by atoms with Gasteiger partial charge >= 0.3 is 0 Å². The van der Waals surface area contributed by atoms with Gasteiger partial charge in [-0.05, 0) is 13.0 Å². The van der Waals surface area contributed by atoms with Crippen molar-refractivity contribution in [3.63, 3.8) is 0 Å². The SMILES string of the molecule is C=CC(=O)NC=C(C)C=O. The van der Waals surface area contributed by atoms with E-state index < -0.39 is 0 Å². The van der Waals surface area contributed by atoms with Gasteiger partial charge in [0.05, 0.1) is 0 Å². The summed E-state index contributed by atoms with van der Waals surface area (Å²) in [5.74, 6) is -0.318. The van der Waals surface area contributed by atoms with Crippen molar-refractivity contribution in [3.8, 4) is 0 Å². The van der Waals surface area contributed by atoms with Crippen LogP contribution in [0, 0.1) is 0 Å². The molecule has 3 heteroatoms. The molecule has 0 saturated carbocycles. The summed E-state index contributed by atoms with van der Waals surface area (Å²) < 4.78 is 0. The van der Waals surface area contributed by atoms with E-state index in [2.05, 4.69) is 11.9 Å². The molecule has 0 heterocycles. The highest BCUT2D eigenvalue weighted by Crippen LogP contribution is 1.81. The Morgan fingerprint density at radius 1 is 1.60 bits per heavy atom. The van der Waals surface area contributed by atoms with Gasteiger partial charge in [-0.15, -0.1) is 0 Å². The zero-order valence-corrected chi connectivity index (χ0v) is 5.76. The van der Waals surface area contributed by atoms with Crippen molar-refractivity contribution in [2.24, 2.45) is 0 Å². The molecule has 0 unspecified atom stereocenters. The molecule has 0 aromatic heterocycles. The number of nitrogens with one attached hydrogen (secondary N) is 1. The van der Waals surface area contributed by atoms with E-state index in [0.29, 0.717) is 11.9 Å². The predicted molar refractivity (Wildman–Crippen MR) is 38.2 cm³/mol. The van der Waals surface area contributed by atoms with Gasteiger partial charge in [0.1, 0.15) is 6.29 Å². The smallest absolute Gasteiger partial charge is 0.247 e. The van der Waals surface area contributed by atoms with Crippen LogP contribution in [0.25, 0.3) is 0 Å². The van der Waals surface area contributed by atoms with Crippen molar-refractivity contribution in [1.29, 1.82) is 0 Å². The molecular formula is C7H9NO2. The summed E-state index contributed by atoms with van der Waals surface area (Å²) in [5, 5.41) is 2.33. The lowest BCUT2D eigenvalue weighted by Gasteiger charge is -1.91. The Kier molecular flexibility index (Phi) is 3.87. The van der Waals surface area contributed by atoms with Crippen LogP contribution in [0.1, 0.15) is 6.92 Å². The summed E-state index contributed by atoms with van der Waals surface area (Å²) >= 11 is 0. The minimum absolute atomic E-state index is 0.318. The fourth-order valence-electron chi connectivity index (χ4n) is 0.278. The zero-order chi connectivity index (χ0) is 7.98. The maximum Gasteiger partial charge on any atom is 0.247 e. The Morgan fingerprint density at radius 3 is 2.60 bits per heavy atom. The second-order valence-corrected chi connectivity index (χ2v) is 1.72. The Bertz CT molecular complexity index is 182. The van der Waals surface area contributed by atoms with Crippen LogP contribution in [-0.2, 0) is 9.59 Å². The third-order valence-corrected chi connectivity index (χ3v) is 0.813. The summed E-state index contributed by atoms with van der Waals surface area (Å²) in [4.78, 5) is 20.4. The fraction of sp³-hybridized carbons (Fsp3) is 0.143. The summed E-state index contributed by atoms with van der Waals surface area (Å²) in [6, 6.07) is 0. The van der Waals surface area contributed by atoms with E-state index in [1.165, 1.54) is 6.20 Å². The highest BCUT2D eigenvalue weighted by atomic mass is 16.1. The van der Waals surface area contributed by atoms with Crippen LogP contribution >= 0.6 is 0 Å². The average Bonchev–Trinajstić information content (AvgIpc) is 1.99. The number of hydrogen-bond donors (Lipinski definition) is 1. The van der Waals surface area contributed by atoms with Crippen molar-refractivity contribution in [1.82, 2.24) is 5.32 Å². The van der Waals surface area contributed by atoms with Gasteiger partial charge in [0.2, 0.25) is 5.91 Å². The van der Waals surface area contributed by atoms with Crippen LogP contribution in [-0.4, -0.2) is 12.2 Å². The van der Waals surface area contributed by atoms with Crippen molar-refractivity contribution in [2.45, 2.75) is 6.92 Å². The third kappa shape index (κ3) is 3.60. The lowest BCUT2D eigenvalue weighted by atomic mass is 10.4. The molecule has 0 fully saturated rings. The number of allylic oxidation sites excluding steroid dienone is 1. The molecule has 0 bridgehead atoms. The fourth-order valence-corrected chi connectivity index (χ4v) is 0.278. The number of carbonyl (C=O) groups excluding carboxylic acids is 2. The highest BCUT2D eigenvalue weighted by molar-refractivity contribution is 5.88. The molecule has 10 heavy (non-hydrogen) atoms. The molecular weight excluding hydrogens is 130 g/mol. The van der Waals surface area contributed by atoms with Crippen LogP contribution in [0.3, 0.4) is 0 Å². The quantitative estimate of drug-likeness (QED) is 0.454. The van der Waals surface area contributed by atoms with Gasteiger partial charge in [0.25, 0.3) is 0 Å². The first-order chi connectivity index (χ1) is 4.70. The number of carbonyl (C=O) groups is 2. The van der Waals surface area contributed by atoms with E-state index in [4.69, 9.17) is 0 Å². The molecule has 1 amide bonds. The number of rotatable bonds is 3. The normalized spacial score (nSPS) is 10.3. The molecule has 0 saturated heterocycles. The van der Waals surface area contributed by atoms with E-state index in [0.717, 1.165) is 6.08 Å². The van der Waals surface area contributed by atoms with E-state index in [-0.39, 0.29) is 5.91 Å². The first-order valence-corrected chi connectivity index (χ1v) is 2.75. The standard InChI is InChI=1S/C7H9NO2/c1-3-7(10)8-4-6(2)5-9/h3-5H,1H2,2H3,(H,8,10). The average molecular weight is 139 g/mol. The van der Waals surface area contributed by atoms with Crippen molar-refractivity contribution in [2.75, 3.05) is 0 Å². The molecule has 0 aromatic rings. The Labute approximate surface area is 59.4 Å². The van der Waals surface area contributed by atoms with Crippen LogP contribution in [0.4, 0.5) is 0 Å². The zero-order valence-electron chi connectivity index (χ0n) is 5.76. The second-order valence-electron chi connectivity index (χ2n) is 1.72. The minimum Gasteiger partial charge on any atom is -0.329 e. The maximum absolute atomic E-state index is 10.4. The molecule has 1 N–H and O–H groups in total. The van der Waals surface area contributed by atoms with Crippen LogP contribution in [0.5, 0.6) is 0 Å². The van der Waals surface area contributed by atoms with Crippen LogP contribution in [0.2, 0.25) is 0 Å². The van der Waals surface area contributed by atoms with Gasteiger partial charge in [-0.1, -0.05) is 6.58 Å². The molecule has 0 aliphatic heterocycles. The van der Waals surface area contributed by atoms with Gasteiger partial charge in [-0.25, -0.2) is 0 Å². The van der Waals surface area contributed by atoms with Gasteiger partial charge in [-0.3, -0.25) is 9.59 Å². The van der Waals surface area contributed by atoms with E-state index in [1.54, 1.807) is 6.92 Å². The molecule has 0 spiro atoms. The van der Waals surface area contributed by atoms with Crippen molar-refractivity contribution in [3.05, 3.63) is 24.4 Å². The first-order valence-electron chi connectivity index (χ1n) is 2.75. The lowest BCUT2D eigenvalue weighted by molar-refractivity contribution is -0.115. The summed E-state index contributed by atoms with van der Waals surface area (Å²) in [6.07, 6.45) is 3.12. The minimum atomic E-state index is -0.318. The van der Waals surface area contributed by atoms with E-state index in [9.17, 15) is 9.59 Å². The first kappa shape index (κ1) is 8.62. The van der Waals surface area contributed by atoms with Gasteiger partial charge < -0.3 is 5.32 Å². The molecule has 0 aliphatic rings. The van der Waals surface area contributed by atoms with Gasteiger partial charge in [0, 0.05) is 11.8 Å². The third-order valence-electron chi connectivity index (χ3n) is 0.813. The van der Waals surface area contributed by atoms with E-state index in [1.807, 2.05) is 0 Å². The molecule has 0 aliphatic carbocycles. The van der Waals surface area contributed by atoms with Crippen LogP contribution in [0.15, 0.2) is 24.4 Å². The summed E-state index contributed by atoms with van der Waals surface area (Å²) in [6.45, 7) is 4.83. The van der Waals surface area contributed by atoms with Gasteiger partial charge in [0.15, 0.2) is 0 Å². The predicted octanol–water partition coefficient (Wildman–Crippen LogP) is 0.391. The summed E-state index contributed by atoms with van der Waals surface area (Å²) in [5.41, 5.74) is 0.468. The van der Waals surface area contributed by atoms with Crippen molar-refractivity contribution >= 4 is 12.2 Å².